The first-order valence-corrected chi connectivity index (χ1v) is 4.36. The summed E-state index contributed by atoms with van der Waals surface area (Å²) < 4.78 is 0. The van der Waals surface area contributed by atoms with Gasteiger partial charge in [0.15, 0.2) is 0 Å². The quantitative estimate of drug-likeness (QED) is 0.743. The summed E-state index contributed by atoms with van der Waals surface area (Å²) in [6, 6.07) is 5.88. The molecule has 2 N–H and O–H groups in total. The average molecular weight is 177 g/mol. The van der Waals surface area contributed by atoms with Gasteiger partial charge in [-0.3, -0.25) is 0 Å². The zero-order valence-electron chi connectivity index (χ0n) is 8.04. The van der Waals surface area contributed by atoms with E-state index in [2.05, 4.69) is 5.32 Å². The number of rotatable bonds is 3. The van der Waals surface area contributed by atoms with Crippen LogP contribution in [-0.2, 0) is 6.61 Å². The van der Waals surface area contributed by atoms with Crippen LogP contribution in [0.2, 0.25) is 0 Å². The van der Waals surface area contributed by atoms with E-state index in [1.165, 1.54) is 0 Å². The highest BCUT2D eigenvalue weighted by Crippen LogP contribution is 2.20. The zero-order chi connectivity index (χ0) is 9.68. The number of benzene rings is 1. The van der Waals surface area contributed by atoms with Gasteiger partial charge < -0.3 is 10.4 Å². The third kappa shape index (κ3) is 2.33. The van der Waals surface area contributed by atoms with E-state index in [-0.39, 0.29) is 6.61 Å². The Kier molecular flexibility index (Phi) is 3.53. The molecule has 0 heterocycles. The Bertz CT molecular complexity index is 305. The number of hydrogen-bond donors (Lipinski definition) is 2. The van der Waals surface area contributed by atoms with Crippen molar-refractivity contribution < 1.29 is 5.11 Å². The maximum atomic E-state index is 9.08. The molecule has 0 fully saturated rings. The largest absolute Gasteiger partial charge is 0.392 e. The highest BCUT2D eigenvalue weighted by atomic mass is 16.3. The van der Waals surface area contributed by atoms with E-state index in [4.69, 9.17) is 5.11 Å². The highest BCUT2D eigenvalue weighted by Gasteiger charge is 2.01. The number of nitrogens with one attached hydrogen (secondary N) is 1. The molecule has 70 valence electrons. The molecule has 0 aliphatic rings. The summed E-state index contributed by atoms with van der Waals surface area (Å²) in [5.41, 5.74) is 3.07. The van der Waals surface area contributed by atoms with Gasteiger partial charge >= 0.3 is 0 Å². The Hall–Kier alpha value is -1.28. The number of aryl methyl sites for hydroxylation is 1. The third-order valence-electron chi connectivity index (χ3n) is 1.92. The van der Waals surface area contributed by atoms with Crippen LogP contribution in [0.15, 0.2) is 30.5 Å². The predicted molar refractivity (Wildman–Crippen MR) is 55.5 cm³/mol. The number of allylic oxidation sites excluding steroid dienone is 1. The number of aliphatic hydroxyl groups excluding tert-OH is 1. The summed E-state index contributed by atoms with van der Waals surface area (Å²) in [6.07, 6.45) is 3.79. The van der Waals surface area contributed by atoms with Crippen molar-refractivity contribution in [2.75, 3.05) is 5.32 Å². The summed E-state index contributed by atoms with van der Waals surface area (Å²) in [7, 11) is 0. The van der Waals surface area contributed by atoms with Gasteiger partial charge in [0, 0.05) is 11.3 Å². The normalized spacial score (nSPS) is 10.7. The summed E-state index contributed by atoms with van der Waals surface area (Å²) in [4.78, 5) is 0. The lowest BCUT2D eigenvalue weighted by Gasteiger charge is -2.09. The Balaban J connectivity index is 3.00. The molecule has 1 rings (SSSR count). The summed E-state index contributed by atoms with van der Waals surface area (Å²) in [5.74, 6) is 0. The smallest absolute Gasteiger partial charge is 0.0702 e. The number of hydrogen-bond acceptors (Lipinski definition) is 2. The highest BCUT2D eigenvalue weighted by molar-refractivity contribution is 5.58. The van der Waals surface area contributed by atoms with E-state index in [0.29, 0.717) is 0 Å². The van der Waals surface area contributed by atoms with Crippen LogP contribution >= 0.6 is 0 Å². The first kappa shape index (κ1) is 9.81. The van der Waals surface area contributed by atoms with Crippen molar-refractivity contribution in [1.82, 2.24) is 0 Å². The topological polar surface area (TPSA) is 32.3 Å². The van der Waals surface area contributed by atoms with Gasteiger partial charge in [-0.05, 0) is 25.6 Å². The summed E-state index contributed by atoms with van der Waals surface area (Å²) in [6.45, 7) is 4.04. The lowest BCUT2D eigenvalue weighted by Crippen LogP contribution is -1.96. The monoisotopic (exact) mass is 177 g/mol. The van der Waals surface area contributed by atoms with Crippen molar-refractivity contribution in [3.05, 3.63) is 41.6 Å². The molecule has 1 aromatic rings. The van der Waals surface area contributed by atoms with E-state index in [1.807, 2.05) is 44.3 Å². The van der Waals surface area contributed by atoms with Crippen LogP contribution in [0, 0.1) is 6.92 Å². The molecule has 2 heteroatoms. The van der Waals surface area contributed by atoms with Crippen LogP contribution in [0.25, 0.3) is 0 Å². The van der Waals surface area contributed by atoms with E-state index in [9.17, 15) is 0 Å². The van der Waals surface area contributed by atoms with Crippen molar-refractivity contribution in [2.24, 2.45) is 0 Å². The molecule has 0 saturated carbocycles. The molecular weight excluding hydrogens is 162 g/mol. The molecule has 0 unspecified atom stereocenters. The molecule has 1 aromatic carbocycles. The second-order valence-electron chi connectivity index (χ2n) is 2.91. The van der Waals surface area contributed by atoms with Crippen LogP contribution in [-0.4, -0.2) is 5.11 Å². The van der Waals surface area contributed by atoms with Crippen LogP contribution in [0.4, 0.5) is 5.69 Å². The predicted octanol–water partition coefficient (Wildman–Crippen LogP) is 2.43. The molecule has 13 heavy (non-hydrogen) atoms. The second-order valence-corrected chi connectivity index (χ2v) is 2.91. The number of aliphatic hydroxyl groups is 1. The minimum Gasteiger partial charge on any atom is -0.392 e. The van der Waals surface area contributed by atoms with Gasteiger partial charge in [-0.1, -0.05) is 24.3 Å². The molecule has 0 aromatic heterocycles. The molecule has 0 radical (unpaired) electrons. The van der Waals surface area contributed by atoms with Crippen molar-refractivity contribution >= 4 is 5.69 Å². The molecule has 0 bridgehead atoms. The molecule has 0 saturated heterocycles. The minimum absolute atomic E-state index is 0.0710. The van der Waals surface area contributed by atoms with E-state index in [1.54, 1.807) is 0 Å². The van der Waals surface area contributed by atoms with E-state index < -0.39 is 0 Å². The van der Waals surface area contributed by atoms with Gasteiger partial charge in [0.1, 0.15) is 0 Å². The van der Waals surface area contributed by atoms with Gasteiger partial charge in [0.05, 0.1) is 6.61 Å². The first-order valence-electron chi connectivity index (χ1n) is 4.36. The third-order valence-corrected chi connectivity index (χ3v) is 1.92. The van der Waals surface area contributed by atoms with Crippen molar-refractivity contribution in [3.63, 3.8) is 0 Å². The van der Waals surface area contributed by atoms with Gasteiger partial charge in [-0.25, -0.2) is 0 Å². The Morgan fingerprint density at radius 1 is 1.46 bits per heavy atom. The minimum atomic E-state index is 0.0710. The SMILES string of the molecule is C/C=C\Nc1c(C)cccc1CO. The number of anilines is 1. The standard InChI is InChI=1S/C11H15NO/c1-3-7-12-11-9(2)5-4-6-10(11)8-13/h3-7,12-13H,8H2,1-2H3/b7-3-. The van der Waals surface area contributed by atoms with Gasteiger partial charge in [-0.15, -0.1) is 0 Å². The Morgan fingerprint density at radius 2 is 2.23 bits per heavy atom. The summed E-state index contributed by atoms with van der Waals surface area (Å²) >= 11 is 0. The van der Waals surface area contributed by atoms with Crippen LogP contribution in [0.3, 0.4) is 0 Å². The van der Waals surface area contributed by atoms with E-state index >= 15 is 0 Å². The maximum Gasteiger partial charge on any atom is 0.0702 e. The Morgan fingerprint density at radius 3 is 2.85 bits per heavy atom. The van der Waals surface area contributed by atoms with Crippen molar-refractivity contribution in [1.29, 1.82) is 0 Å². The fourth-order valence-electron chi connectivity index (χ4n) is 1.23. The molecule has 0 spiro atoms. The molecule has 0 aliphatic heterocycles. The van der Waals surface area contributed by atoms with Crippen LogP contribution in [0.1, 0.15) is 18.1 Å². The van der Waals surface area contributed by atoms with Gasteiger partial charge in [0.2, 0.25) is 0 Å². The molecule has 0 amide bonds. The lowest BCUT2D eigenvalue weighted by atomic mass is 10.1. The Labute approximate surface area is 78.9 Å². The van der Waals surface area contributed by atoms with Crippen LogP contribution < -0.4 is 5.32 Å². The van der Waals surface area contributed by atoms with Crippen LogP contribution in [0.5, 0.6) is 0 Å². The fraction of sp³-hybridized carbons (Fsp3) is 0.273. The number of para-hydroxylation sites is 1. The zero-order valence-corrected chi connectivity index (χ0v) is 8.04. The average Bonchev–Trinajstić information content (AvgIpc) is 2.15. The molecule has 0 aliphatic carbocycles. The molecular formula is C11H15NO. The lowest BCUT2D eigenvalue weighted by molar-refractivity contribution is 0.282. The van der Waals surface area contributed by atoms with E-state index in [0.717, 1.165) is 16.8 Å². The maximum absolute atomic E-state index is 9.08. The van der Waals surface area contributed by atoms with Gasteiger partial charge in [-0.2, -0.15) is 0 Å². The second kappa shape index (κ2) is 4.67. The summed E-state index contributed by atoms with van der Waals surface area (Å²) in [5, 5.41) is 12.2. The first-order chi connectivity index (χ1) is 6.29. The van der Waals surface area contributed by atoms with Crippen molar-refractivity contribution in [2.45, 2.75) is 20.5 Å². The van der Waals surface area contributed by atoms with Gasteiger partial charge in [0.25, 0.3) is 0 Å². The fourth-order valence-corrected chi connectivity index (χ4v) is 1.23. The van der Waals surface area contributed by atoms with Crippen molar-refractivity contribution in [3.8, 4) is 0 Å². The molecule has 2 nitrogen and oxygen atoms in total. The molecule has 0 atom stereocenters.